The molecule has 0 radical (unpaired) electrons. The molecule has 1 atom stereocenters. The van der Waals surface area contributed by atoms with Crippen LogP contribution in [0.4, 0.5) is 0 Å². The lowest BCUT2D eigenvalue weighted by atomic mass is 10.1. The third-order valence-electron chi connectivity index (χ3n) is 2.96. The van der Waals surface area contributed by atoms with Gasteiger partial charge >= 0.3 is 0 Å². The van der Waals surface area contributed by atoms with E-state index in [1.165, 1.54) is 6.26 Å². The number of piperidine rings is 1. The van der Waals surface area contributed by atoms with Crippen LogP contribution in [0.3, 0.4) is 0 Å². The van der Waals surface area contributed by atoms with Crippen LogP contribution in [0.5, 0.6) is 0 Å². The zero-order valence-electron chi connectivity index (χ0n) is 9.52. The lowest BCUT2D eigenvalue weighted by molar-refractivity contribution is 0.0310. The molecular formula is C12H17NO3. The number of Topliss-reactive ketones (excluding diaryl/α,β-unsaturated/α-hetero) is 1. The molecule has 1 aliphatic rings. The van der Waals surface area contributed by atoms with E-state index in [2.05, 4.69) is 4.90 Å². The maximum absolute atomic E-state index is 11.8. The number of methoxy groups -OCH3 is 1. The third-order valence-corrected chi connectivity index (χ3v) is 2.96. The standard InChI is InChI=1S/C12H17NO3/c1-15-10-4-2-6-13(8-10)9-11(14)12-5-3-7-16-12/h3,5,7,10H,2,4,6,8-9H2,1H3. The SMILES string of the molecule is COC1CCCN(CC(=O)c2ccco2)C1. The van der Waals surface area contributed by atoms with Gasteiger partial charge in [-0.25, -0.2) is 0 Å². The van der Waals surface area contributed by atoms with Crippen LogP contribution in [-0.2, 0) is 4.74 Å². The van der Waals surface area contributed by atoms with Crippen molar-refractivity contribution in [2.24, 2.45) is 0 Å². The molecule has 1 aromatic heterocycles. The zero-order chi connectivity index (χ0) is 11.4. The molecule has 1 saturated heterocycles. The zero-order valence-corrected chi connectivity index (χ0v) is 9.52. The molecule has 0 aliphatic carbocycles. The summed E-state index contributed by atoms with van der Waals surface area (Å²) in [6, 6.07) is 3.45. The largest absolute Gasteiger partial charge is 0.461 e. The van der Waals surface area contributed by atoms with Crippen molar-refractivity contribution in [3.63, 3.8) is 0 Å². The summed E-state index contributed by atoms with van der Waals surface area (Å²) in [6.45, 7) is 2.22. The van der Waals surface area contributed by atoms with Gasteiger partial charge in [0.05, 0.1) is 18.9 Å². The molecule has 0 N–H and O–H groups in total. The van der Waals surface area contributed by atoms with E-state index in [0.29, 0.717) is 12.3 Å². The lowest BCUT2D eigenvalue weighted by Gasteiger charge is -2.30. The number of hydrogen-bond acceptors (Lipinski definition) is 4. The molecule has 0 aromatic carbocycles. The van der Waals surface area contributed by atoms with Gasteiger partial charge in [-0.3, -0.25) is 9.69 Å². The molecule has 4 nitrogen and oxygen atoms in total. The molecule has 2 heterocycles. The Balaban J connectivity index is 1.87. The average Bonchev–Trinajstić information content (AvgIpc) is 2.83. The fourth-order valence-corrected chi connectivity index (χ4v) is 2.07. The number of ether oxygens (including phenoxy) is 1. The fraction of sp³-hybridized carbons (Fsp3) is 0.583. The van der Waals surface area contributed by atoms with Crippen molar-refractivity contribution in [1.29, 1.82) is 0 Å². The van der Waals surface area contributed by atoms with Gasteiger partial charge in [0.15, 0.2) is 5.76 Å². The smallest absolute Gasteiger partial charge is 0.211 e. The predicted molar refractivity (Wildman–Crippen MR) is 59.5 cm³/mol. The third kappa shape index (κ3) is 2.71. The molecule has 1 unspecified atom stereocenters. The molecule has 0 amide bonds. The number of carbonyl (C=O) groups is 1. The molecule has 1 aliphatic heterocycles. The van der Waals surface area contributed by atoms with Gasteiger partial charge in [0.1, 0.15) is 0 Å². The molecule has 88 valence electrons. The summed E-state index contributed by atoms with van der Waals surface area (Å²) in [5.74, 6) is 0.487. The first-order valence-corrected chi connectivity index (χ1v) is 5.61. The summed E-state index contributed by atoms with van der Waals surface area (Å²) in [4.78, 5) is 13.9. The Kier molecular flexibility index (Phi) is 3.74. The van der Waals surface area contributed by atoms with Gasteiger partial charge in [0, 0.05) is 13.7 Å². The number of likely N-dealkylation sites (tertiary alicyclic amines) is 1. The number of furan rings is 1. The average molecular weight is 223 g/mol. The minimum Gasteiger partial charge on any atom is -0.461 e. The number of ketones is 1. The summed E-state index contributed by atoms with van der Waals surface area (Å²) in [5.41, 5.74) is 0. The van der Waals surface area contributed by atoms with Crippen molar-refractivity contribution in [3.8, 4) is 0 Å². The van der Waals surface area contributed by atoms with Gasteiger partial charge < -0.3 is 9.15 Å². The van der Waals surface area contributed by atoms with E-state index in [1.54, 1.807) is 19.2 Å². The first kappa shape index (κ1) is 11.4. The molecule has 2 rings (SSSR count). The Morgan fingerprint density at radius 2 is 2.56 bits per heavy atom. The first-order chi connectivity index (χ1) is 7.79. The van der Waals surface area contributed by atoms with Crippen LogP contribution < -0.4 is 0 Å². The minimum absolute atomic E-state index is 0.0433. The van der Waals surface area contributed by atoms with Crippen LogP contribution in [0.2, 0.25) is 0 Å². The Bertz CT molecular complexity index is 334. The van der Waals surface area contributed by atoms with Crippen LogP contribution in [0, 0.1) is 0 Å². The van der Waals surface area contributed by atoms with E-state index in [0.717, 1.165) is 25.9 Å². The maximum Gasteiger partial charge on any atom is 0.211 e. The first-order valence-electron chi connectivity index (χ1n) is 5.61. The van der Waals surface area contributed by atoms with E-state index in [4.69, 9.17) is 9.15 Å². The van der Waals surface area contributed by atoms with Crippen molar-refractivity contribution in [3.05, 3.63) is 24.2 Å². The number of nitrogens with zero attached hydrogens (tertiary/aromatic N) is 1. The fourth-order valence-electron chi connectivity index (χ4n) is 2.07. The monoisotopic (exact) mass is 223 g/mol. The van der Waals surface area contributed by atoms with Gasteiger partial charge in [0.25, 0.3) is 0 Å². The highest BCUT2D eigenvalue weighted by molar-refractivity contribution is 5.94. The van der Waals surface area contributed by atoms with E-state index in [1.807, 2.05) is 0 Å². The van der Waals surface area contributed by atoms with Crippen LogP contribution >= 0.6 is 0 Å². The Hall–Kier alpha value is -1.13. The number of hydrogen-bond donors (Lipinski definition) is 0. The van der Waals surface area contributed by atoms with Crippen LogP contribution in [-0.4, -0.2) is 43.5 Å². The van der Waals surface area contributed by atoms with Gasteiger partial charge in [-0.15, -0.1) is 0 Å². The highest BCUT2D eigenvalue weighted by Crippen LogP contribution is 2.13. The highest BCUT2D eigenvalue weighted by Gasteiger charge is 2.22. The Morgan fingerprint density at radius 1 is 1.69 bits per heavy atom. The van der Waals surface area contributed by atoms with Gasteiger partial charge in [-0.1, -0.05) is 0 Å². The Labute approximate surface area is 95.2 Å². The van der Waals surface area contributed by atoms with E-state index >= 15 is 0 Å². The second-order valence-electron chi connectivity index (χ2n) is 4.14. The molecular weight excluding hydrogens is 206 g/mol. The van der Waals surface area contributed by atoms with E-state index in [9.17, 15) is 4.79 Å². The predicted octanol–water partition coefficient (Wildman–Crippen LogP) is 1.57. The van der Waals surface area contributed by atoms with Crippen LogP contribution in [0.15, 0.2) is 22.8 Å². The number of carbonyl (C=O) groups excluding carboxylic acids is 1. The van der Waals surface area contributed by atoms with Crippen LogP contribution in [0.1, 0.15) is 23.4 Å². The molecule has 0 spiro atoms. The quantitative estimate of drug-likeness (QED) is 0.727. The molecule has 16 heavy (non-hydrogen) atoms. The summed E-state index contributed by atoms with van der Waals surface area (Å²) in [6.07, 6.45) is 3.96. The van der Waals surface area contributed by atoms with Crippen molar-refractivity contribution in [2.45, 2.75) is 18.9 Å². The molecule has 1 aromatic rings. The summed E-state index contributed by atoms with van der Waals surface area (Å²) >= 11 is 0. The Morgan fingerprint density at radius 3 is 3.25 bits per heavy atom. The van der Waals surface area contributed by atoms with Gasteiger partial charge in [-0.05, 0) is 31.5 Å². The lowest BCUT2D eigenvalue weighted by Crippen LogP contribution is -2.41. The van der Waals surface area contributed by atoms with Crippen molar-refractivity contribution in [1.82, 2.24) is 4.90 Å². The molecule has 0 bridgehead atoms. The van der Waals surface area contributed by atoms with Gasteiger partial charge in [-0.2, -0.15) is 0 Å². The highest BCUT2D eigenvalue weighted by atomic mass is 16.5. The minimum atomic E-state index is 0.0433. The maximum atomic E-state index is 11.8. The topological polar surface area (TPSA) is 42.7 Å². The van der Waals surface area contributed by atoms with E-state index in [-0.39, 0.29) is 11.9 Å². The van der Waals surface area contributed by atoms with Crippen molar-refractivity contribution in [2.75, 3.05) is 26.7 Å². The van der Waals surface area contributed by atoms with Gasteiger partial charge in [0.2, 0.25) is 5.78 Å². The summed E-state index contributed by atoms with van der Waals surface area (Å²) < 4.78 is 10.4. The summed E-state index contributed by atoms with van der Waals surface area (Å²) in [5, 5.41) is 0. The van der Waals surface area contributed by atoms with Crippen LogP contribution in [0.25, 0.3) is 0 Å². The molecule has 1 fully saturated rings. The van der Waals surface area contributed by atoms with Crippen molar-refractivity contribution >= 4 is 5.78 Å². The normalized spacial score (nSPS) is 22.2. The molecule has 4 heteroatoms. The summed E-state index contributed by atoms with van der Waals surface area (Å²) in [7, 11) is 1.72. The number of rotatable bonds is 4. The second kappa shape index (κ2) is 5.27. The van der Waals surface area contributed by atoms with E-state index < -0.39 is 0 Å². The van der Waals surface area contributed by atoms with Crippen molar-refractivity contribution < 1.29 is 13.9 Å². The second-order valence-corrected chi connectivity index (χ2v) is 4.14. The molecule has 0 saturated carbocycles.